The number of nitrogen functional groups attached to an aromatic ring is 2. The molecule has 0 saturated heterocycles. The van der Waals surface area contributed by atoms with E-state index in [1.54, 1.807) is 0 Å². The van der Waals surface area contributed by atoms with Gasteiger partial charge >= 0.3 is 0 Å². The van der Waals surface area contributed by atoms with Crippen molar-refractivity contribution in [3.8, 4) is 11.5 Å². The van der Waals surface area contributed by atoms with Crippen LogP contribution in [0.2, 0.25) is 0 Å². The fraction of sp³-hybridized carbons (Fsp3) is 0.130. The Balaban J connectivity index is 0.00000272. The fourth-order valence-electron chi connectivity index (χ4n) is 3.01. The van der Waals surface area contributed by atoms with Gasteiger partial charge in [-0.25, -0.2) is 8.78 Å². The maximum Gasteiger partial charge on any atom is 0.165 e. The van der Waals surface area contributed by atoms with E-state index in [0.29, 0.717) is 0 Å². The zero-order chi connectivity index (χ0) is 22.5. The second-order valence-corrected chi connectivity index (χ2v) is 7.02. The molecule has 0 radical (unpaired) electrons. The van der Waals surface area contributed by atoms with E-state index >= 15 is 0 Å². The zero-order valence-electron chi connectivity index (χ0n) is 17.7. The maximum atomic E-state index is 14.1. The third-order valence-electron chi connectivity index (χ3n) is 4.47. The number of benzene rings is 3. The van der Waals surface area contributed by atoms with Gasteiger partial charge in [-0.15, -0.1) is 24.8 Å². The molecule has 0 aliphatic rings. The summed E-state index contributed by atoms with van der Waals surface area (Å²) in [5, 5.41) is 14.7. The Kier molecular flexibility index (Phi) is 10.1. The van der Waals surface area contributed by atoms with Gasteiger partial charge in [0, 0.05) is 11.1 Å². The fourth-order valence-corrected chi connectivity index (χ4v) is 3.01. The summed E-state index contributed by atoms with van der Waals surface area (Å²) >= 11 is 0. The molecule has 0 bridgehead atoms. The summed E-state index contributed by atoms with van der Waals surface area (Å²) in [5.41, 5.74) is 13.8. The SMILES string of the molecule is Cc1cc(COc2ccc(C(=N)N)cc2F)cc(COc2ccc(C(=N)N)cc2F)c1.Cl.Cl. The standard InChI is InChI=1S/C23H22F2N4O2.2ClH/c1-13-6-14(11-30-20-4-2-16(22(26)27)9-18(20)24)8-15(7-13)12-31-21-5-3-17(23(28)29)10-19(21)25;;/h2-10H,11-12H2,1H3,(H3,26,27)(H3,28,29);2*1H. The van der Waals surface area contributed by atoms with E-state index in [-0.39, 0.29) is 72.3 Å². The molecule has 6 nitrogen and oxygen atoms in total. The molecule has 0 heterocycles. The molecule has 0 atom stereocenters. The quantitative estimate of drug-likeness (QED) is 0.263. The smallest absolute Gasteiger partial charge is 0.165 e. The molecular weight excluding hydrogens is 473 g/mol. The van der Waals surface area contributed by atoms with Gasteiger partial charge in [0.2, 0.25) is 0 Å². The van der Waals surface area contributed by atoms with Gasteiger partial charge in [0.15, 0.2) is 23.1 Å². The number of nitrogens with two attached hydrogens (primary N) is 2. The monoisotopic (exact) mass is 496 g/mol. The molecule has 0 unspecified atom stereocenters. The van der Waals surface area contributed by atoms with Crippen LogP contribution in [0.1, 0.15) is 27.8 Å². The molecule has 10 heteroatoms. The molecule has 3 aromatic rings. The van der Waals surface area contributed by atoms with Crippen LogP contribution < -0.4 is 20.9 Å². The van der Waals surface area contributed by atoms with Crippen molar-refractivity contribution in [1.82, 2.24) is 0 Å². The predicted molar refractivity (Wildman–Crippen MR) is 129 cm³/mol. The molecule has 6 N–H and O–H groups in total. The van der Waals surface area contributed by atoms with E-state index in [2.05, 4.69) is 0 Å². The minimum Gasteiger partial charge on any atom is -0.486 e. The number of nitrogens with one attached hydrogen (secondary N) is 2. The summed E-state index contributed by atoms with van der Waals surface area (Å²) < 4.78 is 39.4. The Bertz CT molecular complexity index is 1070. The lowest BCUT2D eigenvalue weighted by atomic mass is 10.1. The second-order valence-electron chi connectivity index (χ2n) is 7.02. The summed E-state index contributed by atoms with van der Waals surface area (Å²) in [7, 11) is 0. The zero-order valence-corrected chi connectivity index (χ0v) is 19.3. The summed E-state index contributed by atoms with van der Waals surface area (Å²) in [6.07, 6.45) is 0. The van der Waals surface area contributed by atoms with Crippen molar-refractivity contribution in [1.29, 1.82) is 10.8 Å². The van der Waals surface area contributed by atoms with E-state index in [1.165, 1.54) is 24.3 Å². The highest BCUT2D eigenvalue weighted by Gasteiger charge is 2.10. The average Bonchev–Trinajstić information content (AvgIpc) is 2.71. The van der Waals surface area contributed by atoms with Crippen LogP contribution >= 0.6 is 24.8 Å². The van der Waals surface area contributed by atoms with Crippen molar-refractivity contribution >= 4 is 36.5 Å². The van der Waals surface area contributed by atoms with Crippen LogP contribution in [0.15, 0.2) is 54.6 Å². The summed E-state index contributed by atoms with van der Waals surface area (Å²) in [6, 6.07) is 13.8. The Morgan fingerprint density at radius 1 is 0.727 bits per heavy atom. The first-order valence-corrected chi connectivity index (χ1v) is 9.36. The molecule has 0 fully saturated rings. The molecule has 33 heavy (non-hydrogen) atoms. The number of ether oxygens (including phenoxy) is 2. The van der Waals surface area contributed by atoms with Crippen LogP contribution in [0.3, 0.4) is 0 Å². The predicted octanol–water partition coefficient (Wildman–Crippen LogP) is 4.84. The topological polar surface area (TPSA) is 118 Å². The number of amidine groups is 2. The number of hydrogen-bond donors (Lipinski definition) is 4. The summed E-state index contributed by atoms with van der Waals surface area (Å²) in [4.78, 5) is 0. The summed E-state index contributed by atoms with van der Waals surface area (Å²) in [6.45, 7) is 2.14. The van der Waals surface area contributed by atoms with Crippen LogP contribution in [0.25, 0.3) is 0 Å². The van der Waals surface area contributed by atoms with Crippen LogP contribution in [0.4, 0.5) is 8.78 Å². The molecule has 0 amide bonds. The Morgan fingerprint density at radius 2 is 1.12 bits per heavy atom. The summed E-state index contributed by atoms with van der Waals surface area (Å²) in [5.74, 6) is -1.54. The van der Waals surface area contributed by atoms with Crippen molar-refractivity contribution in [2.75, 3.05) is 0 Å². The van der Waals surface area contributed by atoms with E-state index in [1.807, 2.05) is 25.1 Å². The van der Waals surface area contributed by atoms with Crippen LogP contribution in [-0.2, 0) is 13.2 Å². The van der Waals surface area contributed by atoms with Gasteiger partial charge in [-0.1, -0.05) is 17.7 Å². The molecule has 0 aliphatic carbocycles. The number of aryl methyl sites for hydroxylation is 1. The van der Waals surface area contributed by atoms with Crippen molar-refractivity contribution in [3.63, 3.8) is 0 Å². The van der Waals surface area contributed by atoms with E-state index in [9.17, 15) is 8.78 Å². The van der Waals surface area contributed by atoms with Gasteiger partial charge < -0.3 is 20.9 Å². The molecule has 176 valence electrons. The molecule has 3 aromatic carbocycles. The Labute approximate surface area is 202 Å². The highest BCUT2D eigenvalue weighted by atomic mass is 35.5. The highest BCUT2D eigenvalue weighted by molar-refractivity contribution is 5.95. The lowest BCUT2D eigenvalue weighted by molar-refractivity contribution is 0.284. The van der Waals surface area contributed by atoms with Crippen molar-refractivity contribution in [3.05, 3.63) is 94.0 Å². The van der Waals surface area contributed by atoms with Crippen molar-refractivity contribution in [2.45, 2.75) is 20.1 Å². The first kappa shape index (κ1) is 27.7. The van der Waals surface area contributed by atoms with Gasteiger partial charge in [0.25, 0.3) is 0 Å². The first-order valence-electron chi connectivity index (χ1n) is 9.36. The molecule has 0 aliphatic heterocycles. The molecule has 0 spiro atoms. The number of hydrogen-bond acceptors (Lipinski definition) is 4. The maximum absolute atomic E-state index is 14.1. The average molecular weight is 497 g/mol. The minimum absolute atomic E-state index is 0. The normalized spacial score (nSPS) is 9.91. The van der Waals surface area contributed by atoms with Crippen LogP contribution in [0.5, 0.6) is 11.5 Å². The molecular formula is C23H24Cl2F2N4O2. The second kappa shape index (κ2) is 12.0. The van der Waals surface area contributed by atoms with Gasteiger partial charge in [0.05, 0.1) is 0 Å². The van der Waals surface area contributed by atoms with Gasteiger partial charge in [-0.3, -0.25) is 10.8 Å². The number of halogens is 4. The Morgan fingerprint density at radius 3 is 1.45 bits per heavy atom. The van der Waals surface area contributed by atoms with Gasteiger partial charge in [-0.05, 0) is 60.5 Å². The van der Waals surface area contributed by atoms with Crippen LogP contribution in [0, 0.1) is 29.4 Å². The third kappa shape index (κ3) is 7.34. The number of rotatable bonds is 8. The van der Waals surface area contributed by atoms with Gasteiger partial charge in [-0.2, -0.15) is 0 Å². The molecule has 0 saturated carbocycles. The lowest BCUT2D eigenvalue weighted by Crippen LogP contribution is -2.11. The molecule has 3 rings (SSSR count). The molecule has 0 aromatic heterocycles. The minimum atomic E-state index is -0.603. The van der Waals surface area contributed by atoms with Gasteiger partial charge in [0.1, 0.15) is 24.9 Å². The Hall–Kier alpha value is -3.36. The first-order chi connectivity index (χ1) is 14.7. The van der Waals surface area contributed by atoms with Crippen LogP contribution in [-0.4, -0.2) is 11.7 Å². The van der Waals surface area contributed by atoms with Crippen molar-refractivity contribution in [2.24, 2.45) is 11.5 Å². The highest BCUT2D eigenvalue weighted by Crippen LogP contribution is 2.22. The largest absolute Gasteiger partial charge is 0.486 e. The van der Waals surface area contributed by atoms with E-state index in [0.717, 1.165) is 28.8 Å². The van der Waals surface area contributed by atoms with Crippen molar-refractivity contribution < 1.29 is 18.3 Å². The van der Waals surface area contributed by atoms with E-state index < -0.39 is 11.6 Å². The lowest BCUT2D eigenvalue weighted by Gasteiger charge is -2.12. The van der Waals surface area contributed by atoms with E-state index in [4.69, 9.17) is 31.8 Å². The third-order valence-corrected chi connectivity index (χ3v) is 4.47.